The van der Waals surface area contributed by atoms with Gasteiger partial charge in [-0.05, 0) is 54.1 Å². The Morgan fingerprint density at radius 1 is 1.10 bits per heavy atom. The molecule has 3 aromatic rings. The third kappa shape index (κ3) is 6.78. The Morgan fingerprint density at radius 2 is 1.85 bits per heavy atom. The molecule has 2 atom stereocenters. The minimum absolute atomic E-state index is 0.0524. The highest BCUT2D eigenvalue weighted by Gasteiger charge is 2.53. The molecule has 2 N–H and O–H groups in total. The van der Waals surface area contributed by atoms with Crippen molar-refractivity contribution >= 4 is 35.0 Å². The van der Waals surface area contributed by atoms with Gasteiger partial charge in [0.25, 0.3) is 5.91 Å². The summed E-state index contributed by atoms with van der Waals surface area (Å²) in [5.74, 6) is 1.71. The zero-order chi connectivity index (χ0) is 29.4. The van der Waals surface area contributed by atoms with E-state index in [2.05, 4.69) is 11.9 Å². The molecule has 216 valence electrons. The maximum absolute atomic E-state index is 14.0. The molecule has 1 amide bonds. The molecule has 3 aromatic carbocycles. The first-order valence-corrected chi connectivity index (χ1v) is 13.8. The Bertz CT molecular complexity index is 1410. The monoisotopic (exact) mass is 598 g/mol. The van der Waals surface area contributed by atoms with Gasteiger partial charge in [0.1, 0.15) is 5.75 Å². The zero-order valence-corrected chi connectivity index (χ0v) is 24.4. The molecule has 0 saturated heterocycles. The number of methoxy groups -OCH3 is 2. The van der Waals surface area contributed by atoms with Gasteiger partial charge in [0.2, 0.25) is 5.90 Å². The second-order valence-electron chi connectivity index (χ2n) is 9.32. The summed E-state index contributed by atoms with van der Waals surface area (Å²) in [7, 11) is 3.12. The van der Waals surface area contributed by atoms with Crippen LogP contribution in [0.1, 0.15) is 35.6 Å². The van der Waals surface area contributed by atoms with Crippen LogP contribution in [-0.2, 0) is 16.1 Å². The molecule has 4 rings (SSSR count). The summed E-state index contributed by atoms with van der Waals surface area (Å²) in [6.07, 6.45) is 1.50. The fraction of sp³-hybridized carbons (Fsp3) is 0.290. The fourth-order valence-electron chi connectivity index (χ4n) is 4.55. The molecule has 0 unspecified atom stereocenters. The van der Waals surface area contributed by atoms with E-state index < -0.39 is 11.6 Å². The van der Waals surface area contributed by atoms with Gasteiger partial charge in [-0.2, -0.15) is 0 Å². The van der Waals surface area contributed by atoms with E-state index in [1.165, 1.54) is 0 Å². The quantitative estimate of drug-likeness (QED) is 0.187. The molecule has 1 aliphatic heterocycles. The van der Waals surface area contributed by atoms with E-state index in [1.807, 2.05) is 6.07 Å². The lowest BCUT2D eigenvalue weighted by Gasteiger charge is -2.30. The van der Waals surface area contributed by atoms with Crippen molar-refractivity contribution in [3.63, 3.8) is 0 Å². The number of halogens is 2. The number of aliphatic imine (C=N–C) groups is 1. The molecule has 0 aliphatic carbocycles. The number of nitrogens with one attached hydrogen (secondary N) is 1. The van der Waals surface area contributed by atoms with Crippen LogP contribution in [0.25, 0.3) is 0 Å². The summed E-state index contributed by atoms with van der Waals surface area (Å²) < 4.78 is 22.8. The molecule has 0 saturated carbocycles. The lowest BCUT2D eigenvalue weighted by molar-refractivity contribution is -0.129. The molecule has 0 fully saturated rings. The van der Waals surface area contributed by atoms with Crippen molar-refractivity contribution in [3.8, 4) is 17.2 Å². The fourth-order valence-corrected chi connectivity index (χ4v) is 5.06. The highest BCUT2D eigenvalue weighted by Crippen LogP contribution is 2.45. The number of rotatable bonds is 13. The molecule has 10 heteroatoms. The number of hydrogen-bond donors (Lipinski definition) is 2. The molecule has 1 aliphatic rings. The van der Waals surface area contributed by atoms with Crippen molar-refractivity contribution in [1.82, 2.24) is 5.32 Å². The smallest absolute Gasteiger partial charge is 0.252 e. The van der Waals surface area contributed by atoms with Crippen molar-refractivity contribution in [2.45, 2.75) is 31.0 Å². The number of aliphatic hydroxyl groups excluding tert-OH is 1. The topological polar surface area (TPSA) is 98.6 Å². The first kappa shape index (κ1) is 30.2. The SMILES string of the molecule is C=CC[C@@]1(C(=O)NCc2ccc(OC)c(OC)c2)N=C(c2ccc(OCCCO)cc2)O[C@@H]1c1ccc(Cl)cc1Cl. The Balaban J connectivity index is 1.68. The van der Waals surface area contributed by atoms with E-state index in [9.17, 15) is 4.79 Å². The van der Waals surface area contributed by atoms with Gasteiger partial charge in [0.05, 0.1) is 20.8 Å². The standard InChI is InChI=1S/C31H32Cl2N2O6/c1-4-14-31(30(37)34-19-20-6-13-26(38-2)27(17-20)39-3)28(24-12-9-22(32)18-25(24)33)41-29(35-31)21-7-10-23(11-8-21)40-16-5-15-36/h4,6-13,17-18,28,36H,1,5,14-16,19H2,2-3H3,(H,34,37)/t28-,31-/m1/s1. The Morgan fingerprint density at radius 3 is 2.51 bits per heavy atom. The molecular weight excluding hydrogens is 567 g/mol. The highest BCUT2D eigenvalue weighted by atomic mass is 35.5. The lowest BCUT2D eigenvalue weighted by atomic mass is 9.84. The highest BCUT2D eigenvalue weighted by molar-refractivity contribution is 6.35. The maximum Gasteiger partial charge on any atom is 0.252 e. The third-order valence-electron chi connectivity index (χ3n) is 6.63. The van der Waals surface area contributed by atoms with Crippen LogP contribution in [0, 0.1) is 0 Å². The molecular formula is C31H32Cl2N2O6. The molecule has 0 spiro atoms. The molecule has 1 heterocycles. The van der Waals surface area contributed by atoms with Gasteiger partial charge >= 0.3 is 0 Å². The van der Waals surface area contributed by atoms with Crippen molar-refractivity contribution in [2.75, 3.05) is 27.4 Å². The average molecular weight is 600 g/mol. The van der Waals surface area contributed by atoms with Crippen molar-refractivity contribution in [3.05, 3.63) is 100 Å². The van der Waals surface area contributed by atoms with Gasteiger partial charge in [-0.1, -0.05) is 41.4 Å². The van der Waals surface area contributed by atoms with Gasteiger partial charge in [0.15, 0.2) is 23.1 Å². The summed E-state index contributed by atoms with van der Waals surface area (Å²) in [5.41, 5.74) is 0.641. The first-order valence-electron chi connectivity index (χ1n) is 13.0. The van der Waals surface area contributed by atoms with Gasteiger partial charge in [-0.3, -0.25) is 4.79 Å². The summed E-state index contributed by atoms with van der Waals surface area (Å²) in [6.45, 7) is 4.56. The van der Waals surface area contributed by atoms with Crippen LogP contribution in [0.3, 0.4) is 0 Å². The number of amides is 1. The van der Waals surface area contributed by atoms with Crippen molar-refractivity contribution in [1.29, 1.82) is 0 Å². The van der Waals surface area contributed by atoms with Crippen LogP contribution in [0.15, 0.2) is 78.3 Å². The van der Waals surface area contributed by atoms with Crippen LogP contribution >= 0.6 is 23.2 Å². The largest absolute Gasteiger partial charge is 0.494 e. The van der Waals surface area contributed by atoms with E-state index >= 15 is 0 Å². The summed E-state index contributed by atoms with van der Waals surface area (Å²) in [6, 6.07) is 17.7. The number of aliphatic hydroxyl groups is 1. The Kier molecular flexibility index (Phi) is 10.2. The van der Waals surface area contributed by atoms with Crippen molar-refractivity contribution in [2.24, 2.45) is 4.99 Å². The van der Waals surface area contributed by atoms with Crippen LogP contribution in [0.4, 0.5) is 0 Å². The normalized spacial score (nSPS) is 17.8. The van der Waals surface area contributed by atoms with E-state index in [1.54, 1.807) is 74.9 Å². The average Bonchev–Trinajstić information content (AvgIpc) is 3.36. The Labute approximate surface area is 249 Å². The predicted molar refractivity (Wildman–Crippen MR) is 159 cm³/mol. The van der Waals surface area contributed by atoms with E-state index in [-0.39, 0.29) is 31.4 Å². The van der Waals surface area contributed by atoms with Gasteiger partial charge in [-0.25, -0.2) is 4.99 Å². The summed E-state index contributed by atoms with van der Waals surface area (Å²) in [5, 5.41) is 12.8. The van der Waals surface area contributed by atoms with Gasteiger partial charge in [0, 0.05) is 47.2 Å². The lowest BCUT2D eigenvalue weighted by Crippen LogP contribution is -2.47. The second kappa shape index (κ2) is 13.8. The summed E-state index contributed by atoms with van der Waals surface area (Å²) in [4.78, 5) is 18.9. The minimum atomic E-state index is -1.40. The van der Waals surface area contributed by atoms with Gasteiger partial charge < -0.3 is 29.4 Å². The second-order valence-corrected chi connectivity index (χ2v) is 10.2. The molecule has 8 nitrogen and oxygen atoms in total. The number of ether oxygens (including phenoxy) is 4. The number of hydrogen-bond acceptors (Lipinski definition) is 7. The van der Waals surface area contributed by atoms with E-state index in [0.717, 1.165) is 5.56 Å². The van der Waals surface area contributed by atoms with Crippen molar-refractivity contribution < 1.29 is 28.8 Å². The summed E-state index contributed by atoms with van der Waals surface area (Å²) >= 11 is 12.8. The van der Waals surface area contributed by atoms with E-state index in [4.69, 9.17) is 52.2 Å². The minimum Gasteiger partial charge on any atom is -0.494 e. The molecule has 0 aromatic heterocycles. The molecule has 0 radical (unpaired) electrons. The predicted octanol–water partition coefficient (Wildman–Crippen LogP) is 5.92. The van der Waals surface area contributed by atoms with Crippen LogP contribution < -0.4 is 19.5 Å². The molecule has 41 heavy (non-hydrogen) atoms. The maximum atomic E-state index is 14.0. The third-order valence-corrected chi connectivity index (χ3v) is 7.19. The molecule has 0 bridgehead atoms. The van der Waals surface area contributed by atoms with E-state index in [0.29, 0.717) is 51.4 Å². The first-order chi connectivity index (χ1) is 19.8. The van der Waals surface area contributed by atoms with Crippen LogP contribution in [-0.4, -0.2) is 49.9 Å². The number of carbonyl (C=O) groups is 1. The zero-order valence-electron chi connectivity index (χ0n) is 22.9. The Hall–Kier alpha value is -3.72. The number of benzene rings is 3. The van der Waals surface area contributed by atoms with Crippen LogP contribution in [0.2, 0.25) is 10.0 Å². The van der Waals surface area contributed by atoms with Gasteiger partial charge in [-0.15, -0.1) is 6.58 Å². The number of nitrogens with zero attached hydrogens (tertiary/aromatic N) is 1. The van der Waals surface area contributed by atoms with Crippen LogP contribution in [0.5, 0.6) is 17.2 Å². The number of carbonyl (C=O) groups excluding carboxylic acids is 1.